The van der Waals surface area contributed by atoms with E-state index in [1.165, 1.54) is 14.2 Å². The maximum Gasteiger partial charge on any atom is 0.360 e. The van der Waals surface area contributed by atoms with Crippen molar-refractivity contribution in [1.29, 1.82) is 0 Å². The molecule has 8 heteroatoms. The number of nitrogens with zero attached hydrogens (tertiary/aromatic N) is 2. The molecule has 0 spiro atoms. The number of hydrogen-bond acceptors (Lipinski definition) is 6. The van der Waals surface area contributed by atoms with E-state index in [-0.39, 0.29) is 11.3 Å². The number of carbonyl (C=O) groups excluding carboxylic acids is 2. The Bertz CT molecular complexity index is 1380. The van der Waals surface area contributed by atoms with Crippen LogP contribution in [0.1, 0.15) is 22.2 Å². The van der Waals surface area contributed by atoms with E-state index in [0.29, 0.717) is 27.8 Å². The molecule has 1 atom stereocenters. The molecule has 4 aromatic rings. The van der Waals surface area contributed by atoms with Crippen LogP contribution in [0, 0.1) is 0 Å². The van der Waals surface area contributed by atoms with E-state index >= 15 is 0 Å². The molecule has 3 aromatic carbocycles. The van der Waals surface area contributed by atoms with Gasteiger partial charge in [-0.05, 0) is 18.2 Å². The van der Waals surface area contributed by atoms with Crippen molar-refractivity contribution in [3.8, 4) is 5.75 Å². The van der Waals surface area contributed by atoms with Crippen molar-refractivity contribution in [2.24, 2.45) is 7.05 Å². The summed E-state index contributed by atoms with van der Waals surface area (Å²) < 4.78 is 11.9. The van der Waals surface area contributed by atoms with Crippen molar-refractivity contribution in [1.82, 2.24) is 9.78 Å². The lowest BCUT2D eigenvalue weighted by atomic mass is 10.1. The van der Waals surface area contributed by atoms with Gasteiger partial charge in [0.2, 0.25) is 6.10 Å². The monoisotopic (exact) mass is 443 g/mol. The van der Waals surface area contributed by atoms with Gasteiger partial charge in [-0.1, -0.05) is 54.6 Å². The van der Waals surface area contributed by atoms with E-state index in [9.17, 15) is 14.4 Å². The number of hydrogen-bond donors (Lipinski definition) is 1. The molecule has 4 rings (SSSR count). The van der Waals surface area contributed by atoms with Gasteiger partial charge in [0.05, 0.1) is 12.5 Å². The zero-order chi connectivity index (χ0) is 23.4. The number of fused-ring (bicyclic) bond motifs is 1. The van der Waals surface area contributed by atoms with Crippen LogP contribution in [0.15, 0.2) is 83.7 Å². The highest BCUT2D eigenvalue weighted by molar-refractivity contribution is 6.04. The Hall–Kier alpha value is -4.46. The van der Waals surface area contributed by atoms with Crippen LogP contribution in [-0.4, -0.2) is 28.8 Å². The van der Waals surface area contributed by atoms with E-state index < -0.39 is 18.0 Å². The highest BCUT2D eigenvalue weighted by atomic mass is 16.5. The third kappa shape index (κ3) is 4.59. The highest BCUT2D eigenvalue weighted by Crippen LogP contribution is 2.24. The van der Waals surface area contributed by atoms with Crippen molar-refractivity contribution >= 4 is 28.3 Å². The minimum Gasteiger partial charge on any atom is -0.497 e. The number of esters is 1. The number of carbonyl (C=O) groups is 2. The summed E-state index contributed by atoms with van der Waals surface area (Å²) in [6.07, 6.45) is -1.25. The van der Waals surface area contributed by atoms with E-state index in [4.69, 9.17) is 9.47 Å². The van der Waals surface area contributed by atoms with Crippen LogP contribution in [0.4, 0.5) is 5.69 Å². The van der Waals surface area contributed by atoms with E-state index in [2.05, 4.69) is 10.4 Å². The molecule has 0 saturated heterocycles. The zero-order valence-corrected chi connectivity index (χ0v) is 18.0. The Kier molecular flexibility index (Phi) is 6.17. The lowest BCUT2D eigenvalue weighted by Gasteiger charge is -2.18. The molecule has 0 aliphatic heterocycles. The van der Waals surface area contributed by atoms with Gasteiger partial charge in [0, 0.05) is 29.8 Å². The molecule has 166 valence electrons. The van der Waals surface area contributed by atoms with Gasteiger partial charge in [-0.25, -0.2) is 9.48 Å². The molecule has 33 heavy (non-hydrogen) atoms. The smallest absolute Gasteiger partial charge is 0.360 e. The van der Waals surface area contributed by atoms with Crippen molar-refractivity contribution in [3.05, 3.63) is 100 Å². The molecule has 0 aliphatic carbocycles. The summed E-state index contributed by atoms with van der Waals surface area (Å²) in [5.41, 5.74) is 0.586. The van der Waals surface area contributed by atoms with Gasteiger partial charge in [-0.15, -0.1) is 0 Å². The molecule has 0 unspecified atom stereocenters. The SMILES string of the molecule is COc1cccc(NC(=O)[C@H](OC(=O)c2nn(C)c(=O)c3ccccc23)c2ccccc2)c1. The molecule has 1 heterocycles. The van der Waals surface area contributed by atoms with Crippen molar-refractivity contribution in [3.63, 3.8) is 0 Å². The topological polar surface area (TPSA) is 99.5 Å². The minimum absolute atomic E-state index is 0.0530. The predicted molar refractivity (Wildman–Crippen MR) is 123 cm³/mol. The van der Waals surface area contributed by atoms with Crippen LogP contribution < -0.4 is 15.6 Å². The molecule has 0 fully saturated rings. The largest absolute Gasteiger partial charge is 0.497 e. The first kappa shape index (κ1) is 21.8. The van der Waals surface area contributed by atoms with Crippen molar-refractivity contribution in [2.45, 2.75) is 6.10 Å². The summed E-state index contributed by atoms with van der Waals surface area (Å²) in [7, 11) is 2.98. The van der Waals surface area contributed by atoms with Crippen molar-refractivity contribution in [2.75, 3.05) is 12.4 Å². The molecule has 1 aromatic heterocycles. The van der Waals surface area contributed by atoms with Gasteiger partial charge in [-0.3, -0.25) is 9.59 Å². The molecule has 1 N–H and O–H groups in total. The third-order valence-electron chi connectivity index (χ3n) is 5.05. The Morgan fingerprint density at radius 3 is 2.36 bits per heavy atom. The predicted octanol–water partition coefficient (Wildman–Crippen LogP) is 3.48. The summed E-state index contributed by atoms with van der Waals surface area (Å²) in [5.74, 6) is -0.796. The van der Waals surface area contributed by atoms with Crippen LogP contribution in [-0.2, 0) is 16.6 Å². The second-order valence-corrected chi connectivity index (χ2v) is 7.24. The van der Waals surface area contributed by atoms with Crippen LogP contribution >= 0.6 is 0 Å². The van der Waals surface area contributed by atoms with Crippen LogP contribution in [0.5, 0.6) is 5.75 Å². The third-order valence-corrected chi connectivity index (χ3v) is 5.05. The van der Waals surface area contributed by atoms with Gasteiger partial charge in [0.25, 0.3) is 11.5 Å². The molecule has 0 bridgehead atoms. The van der Waals surface area contributed by atoms with E-state index in [1.54, 1.807) is 78.9 Å². The molecule has 1 amide bonds. The first-order valence-electron chi connectivity index (χ1n) is 10.1. The van der Waals surface area contributed by atoms with Gasteiger partial charge in [0.15, 0.2) is 5.69 Å². The minimum atomic E-state index is -1.25. The standard InChI is InChI=1S/C25H21N3O5/c1-28-24(30)20-14-7-6-13-19(20)21(27-28)25(31)33-22(16-9-4-3-5-10-16)23(29)26-17-11-8-12-18(15-17)32-2/h3-15,22H,1-2H3,(H,26,29)/t22-/m1/s1. The fraction of sp³-hybridized carbons (Fsp3) is 0.120. The number of nitrogens with one attached hydrogen (secondary N) is 1. The Morgan fingerprint density at radius 2 is 1.64 bits per heavy atom. The van der Waals surface area contributed by atoms with Gasteiger partial charge in [-0.2, -0.15) is 5.10 Å². The zero-order valence-electron chi connectivity index (χ0n) is 18.0. The van der Waals surface area contributed by atoms with Gasteiger partial charge in [0.1, 0.15) is 5.75 Å². The molecule has 0 radical (unpaired) electrons. The molecular weight excluding hydrogens is 422 g/mol. The Morgan fingerprint density at radius 1 is 0.939 bits per heavy atom. The quantitative estimate of drug-likeness (QED) is 0.458. The number of rotatable bonds is 6. The molecule has 8 nitrogen and oxygen atoms in total. The summed E-state index contributed by atoms with van der Waals surface area (Å²) in [6.45, 7) is 0. The first-order valence-corrected chi connectivity index (χ1v) is 10.1. The molecule has 0 aliphatic rings. The number of anilines is 1. The Labute approximate surface area is 189 Å². The van der Waals surface area contributed by atoms with Crippen LogP contribution in [0.25, 0.3) is 10.8 Å². The second-order valence-electron chi connectivity index (χ2n) is 7.24. The van der Waals surface area contributed by atoms with Gasteiger partial charge >= 0.3 is 5.97 Å². The number of ether oxygens (including phenoxy) is 2. The van der Waals surface area contributed by atoms with Crippen LogP contribution in [0.3, 0.4) is 0 Å². The summed E-state index contributed by atoms with van der Waals surface area (Å²) in [6, 6.07) is 22.1. The maximum atomic E-state index is 13.2. The number of methoxy groups -OCH3 is 1. The van der Waals surface area contributed by atoms with E-state index in [1.807, 2.05) is 0 Å². The second kappa shape index (κ2) is 9.35. The maximum absolute atomic E-state index is 13.2. The first-order chi connectivity index (χ1) is 16.0. The Balaban J connectivity index is 1.69. The molecular formula is C25H21N3O5. The number of aromatic nitrogens is 2. The average molecular weight is 443 g/mol. The number of amides is 1. The number of benzene rings is 3. The van der Waals surface area contributed by atoms with Crippen molar-refractivity contribution < 1.29 is 19.1 Å². The molecule has 0 saturated carbocycles. The fourth-order valence-corrected chi connectivity index (χ4v) is 3.42. The normalized spacial score (nSPS) is 11.6. The fourth-order valence-electron chi connectivity index (χ4n) is 3.42. The van der Waals surface area contributed by atoms with Gasteiger partial charge < -0.3 is 14.8 Å². The summed E-state index contributed by atoms with van der Waals surface area (Å²) in [4.78, 5) is 38.7. The summed E-state index contributed by atoms with van der Waals surface area (Å²) in [5, 5.41) is 7.54. The highest BCUT2D eigenvalue weighted by Gasteiger charge is 2.28. The average Bonchev–Trinajstić information content (AvgIpc) is 2.85. The lowest BCUT2D eigenvalue weighted by Crippen LogP contribution is -2.28. The lowest BCUT2D eigenvalue weighted by molar-refractivity contribution is -0.125. The van der Waals surface area contributed by atoms with E-state index in [0.717, 1.165) is 4.68 Å². The summed E-state index contributed by atoms with van der Waals surface area (Å²) >= 11 is 0. The van der Waals surface area contributed by atoms with Crippen LogP contribution in [0.2, 0.25) is 0 Å². The number of aryl methyl sites for hydroxylation is 1.